The predicted octanol–water partition coefficient (Wildman–Crippen LogP) is 4.76. The van der Waals surface area contributed by atoms with Crippen molar-refractivity contribution in [2.24, 2.45) is 0 Å². The Balaban J connectivity index is 1.21. The first-order valence-electron chi connectivity index (χ1n) is 13.2. The molecule has 0 unspecified atom stereocenters. The number of oxazole rings is 1. The molecule has 6 aromatic rings. The van der Waals surface area contributed by atoms with Crippen LogP contribution in [0.1, 0.15) is 25.7 Å². The van der Waals surface area contributed by atoms with E-state index in [-0.39, 0.29) is 28.7 Å². The van der Waals surface area contributed by atoms with E-state index in [1.54, 1.807) is 24.3 Å². The van der Waals surface area contributed by atoms with Gasteiger partial charge in [0, 0.05) is 53.9 Å². The molecule has 0 fully saturated rings. The van der Waals surface area contributed by atoms with Crippen LogP contribution in [0.5, 0.6) is 11.8 Å². The zero-order chi connectivity index (χ0) is 29.4. The largest absolute Gasteiger partial charge is 0.492 e. The molecule has 0 spiro atoms. The SMILES string of the molecule is O=C(CCCCC[n+]1ccc(-c2nc3c(cc(S(=O)(=O)O)c4ccccc43)o2)c2ccccc21)On1c(O)ccc1O. The van der Waals surface area contributed by atoms with Gasteiger partial charge in [0.05, 0.1) is 10.9 Å². The van der Waals surface area contributed by atoms with Gasteiger partial charge in [0.25, 0.3) is 10.1 Å². The number of aromatic hydroxyl groups is 2. The monoisotopic (exact) mass is 588 g/mol. The predicted molar refractivity (Wildman–Crippen MR) is 152 cm³/mol. The number of carbonyl (C=O) groups excluding carboxylic acids is 1. The highest BCUT2D eigenvalue weighted by molar-refractivity contribution is 7.86. The summed E-state index contributed by atoms with van der Waals surface area (Å²) in [5.74, 6) is -0.957. The van der Waals surface area contributed by atoms with Gasteiger partial charge in [0.1, 0.15) is 17.0 Å². The Labute approximate surface area is 239 Å². The van der Waals surface area contributed by atoms with Crippen LogP contribution >= 0.6 is 0 Å². The molecule has 3 heterocycles. The Morgan fingerprint density at radius 2 is 1.60 bits per heavy atom. The van der Waals surface area contributed by atoms with E-state index in [9.17, 15) is 28.0 Å². The highest BCUT2D eigenvalue weighted by Gasteiger charge is 2.22. The maximum absolute atomic E-state index is 12.1. The normalized spacial score (nSPS) is 11.9. The van der Waals surface area contributed by atoms with Crippen LogP contribution in [0.2, 0.25) is 0 Å². The molecule has 0 amide bonds. The first-order valence-corrected chi connectivity index (χ1v) is 14.7. The summed E-state index contributed by atoms with van der Waals surface area (Å²) < 4.78 is 42.8. The summed E-state index contributed by atoms with van der Waals surface area (Å²) in [6.07, 6.45) is 4.17. The van der Waals surface area contributed by atoms with Crippen LogP contribution in [0.3, 0.4) is 0 Å². The van der Waals surface area contributed by atoms with E-state index in [2.05, 4.69) is 4.57 Å². The van der Waals surface area contributed by atoms with Crippen LogP contribution in [-0.2, 0) is 21.5 Å². The summed E-state index contributed by atoms with van der Waals surface area (Å²) in [7, 11) is -4.49. The molecular weight excluding hydrogens is 562 g/mol. The molecule has 0 saturated carbocycles. The molecule has 3 aromatic heterocycles. The van der Waals surface area contributed by atoms with E-state index < -0.39 is 16.1 Å². The van der Waals surface area contributed by atoms with E-state index >= 15 is 0 Å². The minimum Gasteiger partial charge on any atom is -0.492 e. The van der Waals surface area contributed by atoms with Crippen molar-refractivity contribution in [3.05, 3.63) is 79.0 Å². The second-order valence-electron chi connectivity index (χ2n) is 9.82. The Bertz CT molecular complexity index is 2060. The number of pyridine rings is 1. The zero-order valence-corrected chi connectivity index (χ0v) is 23.0. The molecule has 3 aromatic carbocycles. The number of hydrogen-bond acceptors (Lipinski definition) is 8. The second-order valence-corrected chi connectivity index (χ2v) is 11.2. The number of aromatic nitrogens is 3. The van der Waals surface area contributed by atoms with Crippen LogP contribution in [0.15, 0.2) is 88.3 Å². The van der Waals surface area contributed by atoms with E-state index in [0.717, 1.165) is 29.3 Å². The number of hydrogen-bond donors (Lipinski definition) is 3. The van der Waals surface area contributed by atoms with Crippen LogP contribution in [0, 0.1) is 0 Å². The fourth-order valence-electron chi connectivity index (χ4n) is 5.09. The van der Waals surface area contributed by atoms with Crippen LogP contribution in [-0.4, -0.2) is 38.9 Å². The van der Waals surface area contributed by atoms with Gasteiger partial charge in [-0.25, -0.2) is 9.78 Å². The van der Waals surface area contributed by atoms with Crippen molar-refractivity contribution in [3.8, 4) is 23.2 Å². The first-order chi connectivity index (χ1) is 20.2. The van der Waals surface area contributed by atoms with Gasteiger partial charge < -0.3 is 19.5 Å². The van der Waals surface area contributed by atoms with Gasteiger partial charge in [-0.05, 0) is 18.9 Å². The maximum Gasteiger partial charge on any atom is 0.333 e. The van der Waals surface area contributed by atoms with E-state index in [0.29, 0.717) is 39.9 Å². The molecular formula is C30H26N3O8S+. The minimum atomic E-state index is -4.49. The molecule has 0 bridgehead atoms. The third kappa shape index (κ3) is 5.13. The number of benzene rings is 3. The molecule has 0 aliphatic heterocycles. The van der Waals surface area contributed by atoms with Gasteiger partial charge in [0.15, 0.2) is 11.8 Å². The topological polar surface area (TPSA) is 156 Å². The Kier molecular flexibility index (Phi) is 7.01. The third-order valence-electron chi connectivity index (χ3n) is 7.07. The van der Waals surface area contributed by atoms with Crippen molar-refractivity contribution >= 4 is 48.9 Å². The Hall–Kier alpha value is -4.94. The van der Waals surface area contributed by atoms with E-state index in [1.165, 1.54) is 18.2 Å². The molecule has 214 valence electrons. The van der Waals surface area contributed by atoms with Gasteiger partial charge in [-0.1, -0.05) is 36.4 Å². The maximum atomic E-state index is 12.1. The van der Waals surface area contributed by atoms with E-state index in [4.69, 9.17) is 14.2 Å². The first kappa shape index (κ1) is 27.2. The smallest absolute Gasteiger partial charge is 0.333 e. The lowest BCUT2D eigenvalue weighted by molar-refractivity contribution is -0.671. The fourth-order valence-corrected chi connectivity index (χ4v) is 5.80. The van der Waals surface area contributed by atoms with Crippen molar-refractivity contribution in [1.29, 1.82) is 0 Å². The number of unbranched alkanes of at least 4 members (excludes halogenated alkanes) is 2. The fraction of sp³-hybridized carbons (Fsp3) is 0.167. The molecule has 0 aliphatic carbocycles. The van der Waals surface area contributed by atoms with Crippen molar-refractivity contribution < 1.29 is 41.8 Å². The Morgan fingerprint density at radius 3 is 2.33 bits per heavy atom. The molecule has 0 aliphatic rings. The van der Waals surface area contributed by atoms with Crippen molar-refractivity contribution in [3.63, 3.8) is 0 Å². The molecule has 3 N–H and O–H groups in total. The minimum absolute atomic E-state index is 0.132. The van der Waals surface area contributed by atoms with E-state index in [1.807, 2.05) is 36.5 Å². The molecule has 12 heteroatoms. The lowest BCUT2D eigenvalue weighted by Gasteiger charge is -2.07. The lowest BCUT2D eigenvalue weighted by Crippen LogP contribution is -2.34. The van der Waals surface area contributed by atoms with Crippen LogP contribution in [0.4, 0.5) is 0 Å². The summed E-state index contributed by atoms with van der Waals surface area (Å²) in [6.45, 7) is 0.685. The Morgan fingerprint density at radius 1 is 0.905 bits per heavy atom. The summed E-state index contributed by atoms with van der Waals surface area (Å²) in [4.78, 5) is 21.5. The lowest BCUT2D eigenvalue weighted by atomic mass is 10.1. The summed E-state index contributed by atoms with van der Waals surface area (Å²) in [5.41, 5.74) is 2.42. The van der Waals surface area contributed by atoms with Gasteiger partial charge >= 0.3 is 5.97 Å². The van der Waals surface area contributed by atoms with Crippen molar-refractivity contribution in [2.75, 3.05) is 0 Å². The van der Waals surface area contributed by atoms with Crippen LogP contribution < -0.4 is 9.40 Å². The average molecular weight is 589 g/mol. The zero-order valence-electron chi connectivity index (χ0n) is 22.2. The number of carbonyl (C=O) groups is 1. The van der Waals surface area contributed by atoms with Crippen molar-refractivity contribution in [1.82, 2.24) is 9.71 Å². The third-order valence-corrected chi connectivity index (χ3v) is 7.96. The van der Waals surface area contributed by atoms with Gasteiger partial charge in [0.2, 0.25) is 23.2 Å². The molecule has 42 heavy (non-hydrogen) atoms. The summed E-state index contributed by atoms with van der Waals surface area (Å²) in [5, 5.41) is 21.0. The molecule has 0 radical (unpaired) electrons. The number of aryl methyl sites for hydroxylation is 1. The van der Waals surface area contributed by atoms with Crippen LogP contribution in [0.25, 0.3) is 44.2 Å². The standard InChI is InChI=1S/C30H25N3O8S/c34-26-13-14-27(35)33(26)41-28(36)12-2-1-7-16-32-17-15-22(19-8-5-6-11-23(19)32)30-31-29-21-10-4-3-9-20(21)25(42(37,38)39)18-24(29)40-30/h3-6,8-11,13-15,17-18,31H,1-2,7,12,16H2,(H,37,38,39)/p+1. The number of rotatable bonds is 9. The molecule has 0 saturated heterocycles. The summed E-state index contributed by atoms with van der Waals surface area (Å²) >= 11 is 0. The summed E-state index contributed by atoms with van der Waals surface area (Å²) in [6, 6.07) is 20.3. The highest BCUT2D eigenvalue weighted by Crippen LogP contribution is 2.35. The number of para-hydroxylation sites is 1. The molecule has 6 rings (SSSR count). The molecule has 0 atom stereocenters. The molecule has 11 nitrogen and oxygen atoms in total. The van der Waals surface area contributed by atoms with Crippen molar-refractivity contribution in [2.45, 2.75) is 37.1 Å². The second kappa shape index (κ2) is 10.8. The van der Waals surface area contributed by atoms with Gasteiger partial charge in [-0.3, -0.25) is 4.55 Å². The van der Waals surface area contributed by atoms with Gasteiger partial charge in [-0.15, -0.1) is 4.73 Å². The quantitative estimate of drug-likeness (QED) is 0.123. The average Bonchev–Trinajstić information content (AvgIpc) is 3.55. The highest BCUT2D eigenvalue weighted by atomic mass is 32.2. The number of fused-ring (bicyclic) bond motifs is 4. The number of nitrogens with zero attached hydrogens (tertiary/aromatic N) is 3. The van der Waals surface area contributed by atoms with Gasteiger partial charge in [-0.2, -0.15) is 13.0 Å².